The summed E-state index contributed by atoms with van der Waals surface area (Å²) in [6, 6.07) is 10.4. The maximum Gasteiger partial charge on any atom is 0.314 e. The number of hydrogen-bond acceptors (Lipinski definition) is 4. The van der Waals surface area contributed by atoms with Crippen molar-refractivity contribution in [3.63, 3.8) is 0 Å². The van der Waals surface area contributed by atoms with Gasteiger partial charge in [0.25, 0.3) is 0 Å². The molecule has 0 bridgehead atoms. The molecule has 2 N–H and O–H groups in total. The lowest BCUT2D eigenvalue weighted by Crippen LogP contribution is -2.41. The molecular weight excluding hydrogens is 459 g/mol. The summed E-state index contributed by atoms with van der Waals surface area (Å²) in [5.74, 6) is -0.878. The fourth-order valence-electron chi connectivity index (χ4n) is 4.87. The van der Waals surface area contributed by atoms with Crippen molar-refractivity contribution in [3.8, 4) is 0 Å². The highest BCUT2D eigenvalue weighted by Gasteiger charge is 2.42. The van der Waals surface area contributed by atoms with E-state index in [1.54, 1.807) is 25.1 Å². The Morgan fingerprint density at radius 3 is 2.25 bits per heavy atom. The van der Waals surface area contributed by atoms with Gasteiger partial charge in [-0.1, -0.05) is 45.9 Å². The van der Waals surface area contributed by atoms with Gasteiger partial charge in [-0.25, -0.2) is 4.39 Å². The molecule has 0 spiro atoms. The molecule has 6 nitrogen and oxygen atoms in total. The van der Waals surface area contributed by atoms with Crippen molar-refractivity contribution in [2.24, 2.45) is 11.8 Å². The highest BCUT2D eigenvalue weighted by Crippen LogP contribution is 2.39. The SMILES string of the molecule is Cc1ccc(CC(=O)Nc2cc(C3(C(=O)O)CCOCC3)ccc2N(CC(C)C)CC(C)C)c(F)c1. The van der Waals surface area contributed by atoms with Gasteiger partial charge in [0, 0.05) is 26.3 Å². The fourth-order valence-corrected chi connectivity index (χ4v) is 4.87. The van der Waals surface area contributed by atoms with Crippen LogP contribution < -0.4 is 10.2 Å². The molecule has 0 aromatic heterocycles. The van der Waals surface area contributed by atoms with Gasteiger partial charge in [-0.2, -0.15) is 0 Å². The molecule has 0 saturated carbocycles. The van der Waals surface area contributed by atoms with Crippen LogP contribution in [0.25, 0.3) is 0 Å². The summed E-state index contributed by atoms with van der Waals surface area (Å²) in [5, 5.41) is 13.2. The Morgan fingerprint density at radius 1 is 1.06 bits per heavy atom. The summed E-state index contributed by atoms with van der Waals surface area (Å²) >= 11 is 0. The third kappa shape index (κ3) is 6.64. The first-order chi connectivity index (χ1) is 17.0. The lowest BCUT2D eigenvalue weighted by Gasteiger charge is -2.35. The van der Waals surface area contributed by atoms with E-state index in [0.717, 1.165) is 24.3 Å². The molecule has 0 aliphatic carbocycles. The largest absolute Gasteiger partial charge is 0.481 e. The van der Waals surface area contributed by atoms with E-state index in [2.05, 4.69) is 37.9 Å². The molecule has 2 aromatic rings. The average molecular weight is 499 g/mol. The summed E-state index contributed by atoms with van der Waals surface area (Å²) in [4.78, 5) is 27.8. The molecule has 196 valence electrons. The van der Waals surface area contributed by atoms with E-state index in [1.165, 1.54) is 6.07 Å². The monoisotopic (exact) mass is 498 g/mol. The van der Waals surface area contributed by atoms with E-state index in [1.807, 2.05) is 12.1 Å². The maximum absolute atomic E-state index is 14.4. The Balaban J connectivity index is 2.02. The third-order valence-electron chi connectivity index (χ3n) is 6.65. The number of hydrogen-bond donors (Lipinski definition) is 2. The van der Waals surface area contributed by atoms with Crippen LogP contribution in [0.15, 0.2) is 36.4 Å². The van der Waals surface area contributed by atoms with Crippen molar-refractivity contribution in [1.29, 1.82) is 0 Å². The Hall–Kier alpha value is -2.93. The minimum atomic E-state index is -1.07. The third-order valence-corrected chi connectivity index (χ3v) is 6.65. The number of ether oxygens (including phenoxy) is 1. The predicted octanol–water partition coefficient (Wildman–Crippen LogP) is 5.57. The van der Waals surface area contributed by atoms with E-state index in [9.17, 15) is 19.1 Å². The summed E-state index contributed by atoms with van der Waals surface area (Å²) in [6.45, 7) is 12.7. The van der Waals surface area contributed by atoms with Gasteiger partial charge in [0.2, 0.25) is 5.91 Å². The van der Waals surface area contributed by atoms with Crippen molar-refractivity contribution < 1.29 is 23.8 Å². The summed E-state index contributed by atoms with van der Waals surface area (Å²) in [5.41, 5.74) is 2.08. The molecule has 3 rings (SSSR count). The number of aryl methyl sites for hydroxylation is 1. The Kier molecular flexibility index (Phi) is 9.12. The number of benzene rings is 2. The topological polar surface area (TPSA) is 78.9 Å². The molecule has 1 saturated heterocycles. The number of nitrogens with one attached hydrogen (secondary N) is 1. The number of amides is 1. The molecule has 0 atom stereocenters. The summed E-state index contributed by atoms with van der Waals surface area (Å²) < 4.78 is 19.9. The van der Waals surface area contributed by atoms with E-state index in [-0.39, 0.29) is 12.3 Å². The fraction of sp³-hybridized carbons (Fsp3) is 0.517. The maximum atomic E-state index is 14.4. The number of nitrogens with zero attached hydrogens (tertiary/aromatic N) is 1. The Bertz CT molecular complexity index is 1070. The first-order valence-electron chi connectivity index (χ1n) is 12.8. The van der Waals surface area contributed by atoms with Crippen molar-refractivity contribution >= 4 is 23.3 Å². The molecule has 0 radical (unpaired) electrons. The highest BCUT2D eigenvalue weighted by atomic mass is 19.1. The van der Waals surface area contributed by atoms with Crippen LogP contribution in [0.4, 0.5) is 15.8 Å². The molecule has 1 aliphatic rings. The number of carboxylic acid groups (broad SMARTS) is 1. The van der Waals surface area contributed by atoms with Crippen LogP contribution in [0.2, 0.25) is 0 Å². The van der Waals surface area contributed by atoms with Crippen LogP contribution in [0.5, 0.6) is 0 Å². The van der Waals surface area contributed by atoms with Crippen LogP contribution in [0, 0.1) is 24.6 Å². The highest BCUT2D eigenvalue weighted by molar-refractivity contribution is 5.96. The number of halogens is 1. The second-order valence-corrected chi connectivity index (χ2v) is 10.7. The molecule has 1 fully saturated rings. The molecule has 36 heavy (non-hydrogen) atoms. The van der Waals surface area contributed by atoms with Gasteiger partial charge in [0.15, 0.2) is 0 Å². The second kappa shape index (κ2) is 11.9. The van der Waals surface area contributed by atoms with Gasteiger partial charge < -0.3 is 20.1 Å². The van der Waals surface area contributed by atoms with Crippen molar-refractivity contribution in [1.82, 2.24) is 0 Å². The van der Waals surface area contributed by atoms with Gasteiger partial charge in [-0.3, -0.25) is 9.59 Å². The average Bonchev–Trinajstić information content (AvgIpc) is 2.80. The minimum absolute atomic E-state index is 0.109. The lowest BCUT2D eigenvalue weighted by molar-refractivity contribution is -0.147. The van der Waals surface area contributed by atoms with E-state index in [0.29, 0.717) is 54.7 Å². The molecule has 1 amide bonds. The molecule has 1 aliphatic heterocycles. The van der Waals surface area contributed by atoms with E-state index < -0.39 is 17.2 Å². The van der Waals surface area contributed by atoms with Gasteiger partial charge in [-0.15, -0.1) is 0 Å². The quantitative estimate of drug-likeness (QED) is 0.448. The summed E-state index contributed by atoms with van der Waals surface area (Å²) in [7, 11) is 0. The zero-order valence-electron chi connectivity index (χ0n) is 22.1. The van der Waals surface area contributed by atoms with E-state index in [4.69, 9.17) is 4.74 Å². The van der Waals surface area contributed by atoms with Crippen molar-refractivity contribution in [2.75, 3.05) is 36.5 Å². The van der Waals surface area contributed by atoms with Gasteiger partial charge >= 0.3 is 5.97 Å². The van der Waals surface area contributed by atoms with Gasteiger partial charge in [-0.05, 0) is 66.5 Å². The second-order valence-electron chi connectivity index (χ2n) is 10.7. The van der Waals surface area contributed by atoms with Crippen LogP contribution in [0.3, 0.4) is 0 Å². The number of carbonyl (C=O) groups is 2. The zero-order chi connectivity index (χ0) is 26.5. The number of rotatable bonds is 10. The Labute approximate surface area is 213 Å². The normalized spacial score (nSPS) is 15.2. The van der Waals surface area contributed by atoms with Gasteiger partial charge in [0.05, 0.1) is 23.2 Å². The Morgan fingerprint density at radius 2 is 1.69 bits per heavy atom. The van der Waals surface area contributed by atoms with Crippen LogP contribution in [0.1, 0.15) is 57.2 Å². The zero-order valence-corrected chi connectivity index (χ0v) is 22.1. The first-order valence-corrected chi connectivity index (χ1v) is 12.8. The number of carboxylic acids is 1. The standard InChI is InChI=1S/C29H39FN2O4/c1-19(2)17-32(18-20(3)4)26-9-8-23(29(28(34)35)10-12-36-13-11-29)16-25(26)31-27(33)15-22-7-6-21(5)14-24(22)30/h6-9,14,16,19-20H,10-13,15,17-18H2,1-5H3,(H,31,33)(H,34,35). The predicted molar refractivity (Wildman–Crippen MR) is 141 cm³/mol. The van der Waals surface area contributed by atoms with Crippen LogP contribution >= 0.6 is 0 Å². The van der Waals surface area contributed by atoms with Crippen LogP contribution in [-0.2, 0) is 26.2 Å². The molecular formula is C29H39FN2O4. The van der Waals surface area contributed by atoms with Crippen LogP contribution in [-0.4, -0.2) is 43.3 Å². The molecule has 1 heterocycles. The molecule has 2 aromatic carbocycles. The lowest BCUT2D eigenvalue weighted by atomic mass is 9.74. The van der Waals surface area contributed by atoms with Gasteiger partial charge in [0.1, 0.15) is 5.82 Å². The van der Waals surface area contributed by atoms with Crippen molar-refractivity contribution in [2.45, 2.75) is 59.3 Å². The first kappa shape index (κ1) is 27.7. The smallest absolute Gasteiger partial charge is 0.314 e. The molecule has 0 unspecified atom stereocenters. The number of anilines is 2. The number of carbonyl (C=O) groups excluding carboxylic acids is 1. The minimum Gasteiger partial charge on any atom is -0.481 e. The van der Waals surface area contributed by atoms with Crippen molar-refractivity contribution in [3.05, 3.63) is 58.9 Å². The number of aliphatic carboxylic acids is 1. The summed E-state index contributed by atoms with van der Waals surface area (Å²) in [6.07, 6.45) is 0.624. The van der Waals surface area contributed by atoms with E-state index >= 15 is 0 Å². The molecule has 7 heteroatoms.